The maximum absolute atomic E-state index is 14.2. The molecule has 1 aromatic carbocycles. The molecule has 0 saturated carbocycles. The Labute approximate surface area is 126 Å². The Morgan fingerprint density at radius 1 is 1.29 bits per heavy atom. The Hall–Kier alpha value is -2.35. The number of fused-ring (bicyclic) bond motifs is 2. The third kappa shape index (κ3) is 1.99. The maximum atomic E-state index is 14.2. The van der Waals surface area contributed by atoms with Crippen LogP contribution in [-0.4, -0.2) is 26.4 Å². The maximum Gasteiger partial charge on any atom is 0.187 e. The topological polar surface area (TPSA) is 78.9 Å². The van der Waals surface area contributed by atoms with Crippen LogP contribution in [0.15, 0.2) is 28.1 Å². The molecule has 2 N–H and O–H groups in total. The molecular weight excluding hydrogens is 339 g/mol. The third-order valence-electron chi connectivity index (χ3n) is 3.28. The Balaban J connectivity index is 1.82. The van der Waals surface area contributed by atoms with Gasteiger partial charge in [0, 0.05) is 6.21 Å². The third-order valence-corrected chi connectivity index (χ3v) is 3.85. The zero-order valence-corrected chi connectivity index (χ0v) is 12.1. The fourth-order valence-corrected chi connectivity index (χ4v) is 2.72. The molecule has 1 aliphatic rings. The van der Waals surface area contributed by atoms with Crippen LogP contribution in [0.5, 0.6) is 0 Å². The highest BCUT2D eigenvalue weighted by atomic mass is 79.9. The summed E-state index contributed by atoms with van der Waals surface area (Å²) in [6.07, 6.45) is 3.12. The van der Waals surface area contributed by atoms with E-state index in [1.807, 2.05) is 0 Å². The highest BCUT2D eigenvalue weighted by Gasteiger charge is 2.15. The summed E-state index contributed by atoms with van der Waals surface area (Å²) in [6.45, 7) is 0.525. The van der Waals surface area contributed by atoms with Gasteiger partial charge < -0.3 is 5.32 Å². The molecule has 6 nitrogen and oxygen atoms in total. The molecular formula is C13H8BrFN6. The van der Waals surface area contributed by atoms with Crippen molar-refractivity contribution in [2.24, 2.45) is 4.99 Å². The van der Waals surface area contributed by atoms with Crippen LogP contribution in [0.1, 0.15) is 11.1 Å². The Kier molecular flexibility index (Phi) is 2.71. The second kappa shape index (κ2) is 4.59. The average Bonchev–Trinajstić information content (AvgIpc) is 3.07. The molecule has 0 atom stereocenters. The van der Waals surface area contributed by atoms with E-state index in [0.717, 1.165) is 11.1 Å². The molecule has 8 heteroatoms. The number of hydrogen-bond acceptors (Lipinski definition) is 5. The van der Waals surface area contributed by atoms with Gasteiger partial charge in [-0.05, 0) is 39.2 Å². The van der Waals surface area contributed by atoms with E-state index >= 15 is 0 Å². The number of halogens is 2. The molecule has 0 radical (unpaired) electrons. The molecule has 3 heterocycles. The lowest BCUT2D eigenvalue weighted by molar-refractivity contribution is 0.630. The highest BCUT2D eigenvalue weighted by molar-refractivity contribution is 9.10. The van der Waals surface area contributed by atoms with Crippen molar-refractivity contribution < 1.29 is 4.39 Å². The number of nitrogens with one attached hydrogen (secondary N) is 2. The van der Waals surface area contributed by atoms with Crippen LogP contribution in [0.4, 0.5) is 15.9 Å². The molecule has 0 amide bonds. The van der Waals surface area contributed by atoms with Crippen molar-refractivity contribution in [2.75, 3.05) is 5.32 Å². The first-order chi connectivity index (χ1) is 10.2. The first kappa shape index (κ1) is 12.4. The van der Waals surface area contributed by atoms with E-state index in [4.69, 9.17) is 0 Å². The van der Waals surface area contributed by atoms with Crippen LogP contribution < -0.4 is 5.32 Å². The van der Waals surface area contributed by atoms with E-state index in [1.54, 1.807) is 12.3 Å². The van der Waals surface area contributed by atoms with E-state index in [1.165, 1.54) is 12.4 Å². The summed E-state index contributed by atoms with van der Waals surface area (Å²) in [5.41, 5.74) is 2.64. The SMILES string of the molecule is Fc1cc2c(cc1Nc1ncnc3n[nH]c(Br)c13)C=NC2. The number of H-pyrrole nitrogens is 1. The van der Waals surface area contributed by atoms with E-state index in [0.29, 0.717) is 33.7 Å². The Bertz CT molecular complexity index is 888. The molecule has 0 spiro atoms. The predicted molar refractivity (Wildman–Crippen MR) is 80.4 cm³/mol. The lowest BCUT2D eigenvalue weighted by Gasteiger charge is -2.09. The number of rotatable bonds is 2. The minimum Gasteiger partial charge on any atom is -0.337 e. The van der Waals surface area contributed by atoms with E-state index in [-0.39, 0.29) is 5.82 Å². The van der Waals surface area contributed by atoms with Gasteiger partial charge in [0.2, 0.25) is 0 Å². The van der Waals surface area contributed by atoms with Crippen LogP contribution in [0, 0.1) is 5.82 Å². The van der Waals surface area contributed by atoms with Gasteiger partial charge in [0.15, 0.2) is 5.65 Å². The molecule has 0 bridgehead atoms. The molecule has 3 aromatic rings. The number of anilines is 2. The van der Waals surface area contributed by atoms with Crippen molar-refractivity contribution in [3.63, 3.8) is 0 Å². The summed E-state index contributed by atoms with van der Waals surface area (Å²) in [4.78, 5) is 12.3. The summed E-state index contributed by atoms with van der Waals surface area (Å²) < 4.78 is 14.8. The number of nitrogens with zero attached hydrogens (tertiary/aromatic N) is 4. The number of benzene rings is 1. The van der Waals surface area contributed by atoms with Crippen molar-refractivity contribution in [1.29, 1.82) is 0 Å². The highest BCUT2D eigenvalue weighted by Crippen LogP contribution is 2.30. The number of hydrogen-bond donors (Lipinski definition) is 2. The summed E-state index contributed by atoms with van der Waals surface area (Å²) in [7, 11) is 0. The van der Waals surface area contributed by atoms with Gasteiger partial charge in [0.05, 0.1) is 17.6 Å². The van der Waals surface area contributed by atoms with Crippen molar-refractivity contribution in [2.45, 2.75) is 6.54 Å². The van der Waals surface area contributed by atoms with E-state index in [2.05, 4.69) is 46.4 Å². The number of aliphatic imine (C=N–C) groups is 1. The van der Waals surface area contributed by atoms with Gasteiger partial charge in [-0.25, -0.2) is 14.4 Å². The van der Waals surface area contributed by atoms with Crippen LogP contribution in [0.2, 0.25) is 0 Å². The normalized spacial score (nSPS) is 12.9. The number of aromatic nitrogens is 4. The van der Waals surface area contributed by atoms with Crippen LogP contribution in [0.25, 0.3) is 11.0 Å². The van der Waals surface area contributed by atoms with Gasteiger partial charge in [-0.2, -0.15) is 5.10 Å². The fraction of sp³-hybridized carbons (Fsp3) is 0.0769. The van der Waals surface area contributed by atoms with Gasteiger partial charge in [0.25, 0.3) is 0 Å². The number of aromatic amines is 1. The lowest BCUT2D eigenvalue weighted by atomic mass is 10.1. The second-order valence-electron chi connectivity index (χ2n) is 4.58. The van der Waals surface area contributed by atoms with Gasteiger partial charge >= 0.3 is 0 Å². The van der Waals surface area contributed by atoms with Crippen LogP contribution in [-0.2, 0) is 6.54 Å². The molecule has 0 unspecified atom stereocenters. The minimum atomic E-state index is -0.342. The monoisotopic (exact) mass is 346 g/mol. The van der Waals surface area contributed by atoms with Gasteiger partial charge in [-0.3, -0.25) is 10.1 Å². The average molecular weight is 347 g/mol. The standard InChI is InChI=1S/C13H8BrFN6/c14-11-10-12(17-5-18-13(10)21-20-11)19-9-2-7-4-16-3-6(7)1-8(9)15/h1-2,4-5H,3H2,(H2,17,18,19,20,21). The summed E-state index contributed by atoms with van der Waals surface area (Å²) in [5.74, 6) is 0.139. The fourth-order valence-electron chi connectivity index (χ4n) is 2.27. The quantitative estimate of drug-likeness (QED) is 0.747. The molecule has 0 fully saturated rings. The molecule has 21 heavy (non-hydrogen) atoms. The first-order valence-electron chi connectivity index (χ1n) is 6.16. The summed E-state index contributed by atoms with van der Waals surface area (Å²) in [5, 5.41) is 10.5. The molecule has 1 aliphatic heterocycles. The van der Waals surface area contributed by atoms with Gasteiger partial charge in [-0.1, -0.05) is 0 Å². The van der Waals surface area contributed by atoms with Crippen LogP contribution in [0.3, 0.4) is 0 Å². The van der Waals surface area contributed by atoms with Gasteiger partial charge in [0.1, 0.15) is 22.6 Å². The zero-order chi connectivity index (χ0) is 14.4. The molecule has 0 aliphatic carbocycles. The molecule has 0 saturated heterocycles. The molecule has 104 valence electrons. The van der Waals surface area contributed by atoms with Crippen LogP contribution >= 0.6 is 15.9 Å². The Morgan fingerprint density at radius 2 is 2.19 bits per heavy atom. The summed E-state index contributed by atoms with van der Waals surface area (Å²) in [6, 6.07) is 3.22. The lowest BCUT2D eigenvalue weighted by Crippen LogP contribution is -2.00. The largest absolute Gasteiger partial charge is 0.337 e. The Morgan fingerprint density at radius 3 is 3.10 bits per heavy atom. The molecule has 4 rings (SSSR count). The van der Waals surface area contributed by atoms with E-state index in [9.17, 15) is 4.39 Å². The second-order valence-corrected chi connectivity index (χ2v) is 5.38. The van der Waals surface area contributed by atoms with Crippen molar-refractivity contribution >= 4 is 44.7 Å². The van der Waals surface area contributed by atoms with Crippen molar-refractivity contribution in [3.8, 4) is 0 Å². The smallest absolute Gasteiger partial charge is 0.187 e. The van der Waals surface area contributed by atoms with Crippen molar-refractivity contribution in [1.82, 2.24) is 20.2 Å². The molecule has 2 aromatic heterocycles. The first-order valence-corrected chi connectivity index (χ1v) is 6.95. The van der Waals surface area contributed by atoms with E-state index < -0.39 is 0 Å². The van der Waals surface area contributed by atoms with Gasteiger partial charge in [-0.15, -0.1) is 0 Å². The zero-order valence-electron chi connectivity index (χ0n) is 10.6. The van der Waals surface area contributed by atoms with Crippen molar-refractivity contribution in [3.05, 3.63) is 40.0 Å². The predicted octanol–water partition coefficient (Wildman–Crippen LogP) is 2.93. The minimum absolute atomic E-state index is 0.342. The summed E-state index contributed by atoms with van der Waals surface area (Å²) >= 11 is 3.35.